The van der Waals surface area contributed by atoms with E-state index in [1.165, 1.54) is 18.7 Å². The molecule has 0 spiro atoms. The molecule has 1 rings (SSSR count). The fraction of sp³-hybridized carbons (Fsp3) is 0.462. The summed E-state index contributed by atoms with van der Waals surface area (Å²) in [7, 11) is 0. The molecule has 1 aromatic heterocycles. The third kappa shape index (κ3) is 3.02. The SMILES string of the molecule is CCc1c(C)c(SC)nc(OCC(C)=O)c1C#N. The van der Waals surface area contributed by atoms with Crippen molar-refractivity contribution in [3.8, 4) is 11.9 Å². The van der Waals surface area contributed by atoms with Crippen LogP contribution in [0.25, 0.3) is 0 Å². The van der Waals surface area contributed by atoms with Crippen LogP contribution in [-0.4, -0.2) is 23.6 Å². The van der Waals surface area contributed by atoms with E-state index in [-0.39, 0.29) is 18.3 Å². The molecule has 0 unspecified atom stereocenters. The Bertz CT molecular complexity index is 507. The zero-order chi connectivity index (χ0) is 13.7. The number of aromatic nitrogens is 1. The van der Waals surface area contributed by atoms with Crippen molar-refractivity contribution in [2.24, 2.45) is 0 Å². The molecule has 0 bridgehead atoms. The Morgan fingerprint density at radius 2 is 2.22 bits per heavy atom. The summed E-state index contributed by atoms with van der Waals surface area (Å²) in [5, 5.41) is 10.1. The molecule has 96 valence electrons. The number of rotatable bonds is 5. The first-order chi connectivity index (χ1) is 8.54. The van der Waals surface area contributed by atoms with E-state index in [1.54, 1.807) is 0 Å². The standard InChI is InChI=1S/C13H16N2O2S/c1-5-10-9(3)13(18-4)15-12(11(10)6-14)17-7-8(2)16/h5,7H2,1-4H3. The van der Waals surface area contributed by atoms with Crippen LogP contribution in [0.3, 0.4) is 0 Å². The van der Waals surface area contributed by atoms with Gasteiger partial charge in [0.1, 0.15) is 23.3 Å². The Labute approximate surface area is 111 Å². The quantitative estimate of drug-likeness (QED) is 0.765. The van der Waals surface area contributed by atoms with Crippen LogP contribution in [0.15, 0.2) is 5.03 Å². The molecule has 0 saturated heterocycles. The van der Waals surface area contributed by atoms with Gasteiger partial charge in [-0.05, 0) is 37.7 Å². The van der Waals surface area contributed by atoms with Gasteiger partial charge in [0.25, 0.3) is 0 Å². The van der Waals surface area contributed by atoms with Crippen LogP contribution in [0, 0.1) is 18.3 Å². The topological polar surface area (TPSA) is 63.0 Å². The molecule has 0 aromatic carbocycles. The largest absolute Gasteiger partial charge is 0.469 e. The number of thioether (sulfide) groups is 1. The van der Waals surface area contributed by atoms with Crippen molar-refractivity contribution in [2.45, 2.75) is 32.2 Å². The number of hydrogen-bond acceptors (Lipinski definition) is 5. The summed E-state index contributed by atoms with van der Waals surface area (Å²) in [6.45, 7) is 5.33. The van der Waals surface area contributed by atoms with Crippen molar-refractivity contribution in [2.75, 3.05) is 12.9 Å². The summed E-state index contributed by atoms with van der Waals surface area (Å²) in [6.07, 6.45) is 2.66. The predicted molar refractivity (Wildman–Crippen MR) is 71.0 cm³/mol. The van der Waals surface area contributed by atoms with Gasteiger partial charge in [0.05, 0.1) is 0 Å². The summed E-state index contributed by atoms with van der Waals surface area (Å²) < 4.78 is 5.33. The second-order valence-corrected chi connectivity index (χ2v) is 4.66. The smallest absolute Gasteiger partial charge is 0.233 e. The molecule has 4 nitrogen and oxygen atoms in total. The number of pyridine rings is 1. The lowest BCUT2D eigenvalue weighted by Crippen LogP contribution is -2.11. The Morgan fingerprint density at radius 1 is 1.56 bits per heavy atom. The number of carbonyl (C=O) groups excluding carboxylic acids is 1. The summed E-state index contributed by atoms with van der Waals surface area (Å²) in [4.78, 5) is 15.3. The summed E-state index contributed by atoms with van der Waals surface area (Å²) >= 11 is 1.51. The van der Waals surface area contributed by atoms with Crippen LogP contribution in [0.5, 0.6) is 5.88 Å². The van der Waals surface area contributed by atoms with E-state index in [2.05, 4.69) is 11.1 Å². The Morgan fingerprint density at radius 3 is 2.67 bits per heavy atom. The first kappa shape index (κ1) is 14.5. The molecule has 5 heteroatoms. The maximum atomic E-state index is 11.0. The van der Waals surface area contributed by atoms with E-state index >= 15 is 0 Å². The molecule has 0 saturated carbocycles. The van der Waals surface area contributed by atoms with Crippen LogP contribution < -0.4 is 4.74 Å². The first-order valence-corrected chi connectivity index (χ1v) is 6.87. The van der Waals surface area contributed by atoms with E-state index < -0.39 is 0 Å². The van der Waals surface area contributed by atoms with Gasteiger partial charge < -0.3 is 4.74 Å². The van der Waals surface area contributed by atoms with Gasteiger partial charge in [0.2, 0.25) is 5.88 Å². The molecule has 0 amide bonds. The van der Waals surface area contributed by atoms with Crippen LogP contribution in [-0.2, 0) is 11.2 Å². The van der Waals surface area contributed by atoms with E-state index in [9.17, 15) is 10.1 Å². The lowest BCUT2D eigenvalue weighted by Gasteiger charge is -2.13. The molecule has 0 aliphatic carbocycles. The molecule has 0 aliphatic rings. The molecule has 18 heavy (non-hydrogen) atoms. The molecule has 0 radical (unpaired) electrons. The molecule has 0 N–H and O–H groups in total. The maximum Gasteiger partial charge on any atom is 0.233 e. The highest BCUT2D eigenvalue weighted by Gasteiger charge is 2.17. The third-order valence-corrected chi connectivity index (χ3v) is 3.35. The first-order valence-electron chi connectivity index (χ1n) is 5.64. The van der Waals surface area contributed by atoms with Crippen molar-refractivity contribution < 1.29 is 9.53 Å². The number of ketones is 1. The zero-order valence-corrected chi connectivity index (χ0v) is 11.8. The van der Waals surface area contributed by atoms with E-state index in [0.717, 1.165) is 22.6 Å². The van der Waals surface area contributed by atoms with Crippen LogP contribution >= 0.6 is 11.8 Å². The van der Waals surface area contributed by atoms with E-state index in [1.807, 2.05) is 20.1 Å². The number of nitrogens with zero attached hydrogens (tertiary/aromatic N) is 2. The number of hydrogen-bond donors (Lipinski definition) is 0. The number of ether oxygens (including phenoxy) is 1. The predicted octanol–water partition coefficient (Wildman–Crippen LogP) is 2.51. The average Bonchev–Trinajstić information content (AvgIpc) is 2.36. The minimum atomic E-state index is -0.0926. The van der Waals surface area contributed by atoms with E-state index in [0.29, 0.717) is 5.56 Å². The molecule has 1 aromatic rings. The van der Waals surface area contributed by atoms with Gasteiger partial charge in [-0.3, -0.25) is 4.79 Å². The molecule has 0 aliphatic heterocycles. The normalized spacial score (nSPS) is 9.94. The molecular weight excluding hydrogens is 248 g/mol. The lowest BCUT2D eigenvalue weighted by molar-refractivity contribution is -0.119. The molecule has 0 atom stereocenters. The van der Waals surface area contributed by atoms with Gasteiger partial charge in [-0.25, -0.2) is 4.98 Å². The van der Waals surface area contributed by atoms with Crippen molar-refractivity contribution in [3.63, 3.8) is 0 Å². The average molecular weight is 264 g/mol. The summed E-state index contributed by atoms with van der Waals surface area (Å²) in [5.74, 6) is 0.171. The number of Topliss-reactive ketones (excluding diaryl/α,β-unsaturated/α-hetero) is 1. The van der Waals surface area contributed by atoms with Crippen LogP contribution in [0.2, 0.25) is 0 Å². The minimum absolute atomic E-state index is 0.0539. The van der Waals surface area contributed by atoms with Gasteiger partial charge >= 0.3 is 0 Å². The second-order valence-electron chi connectivity index (χ2n) is 3.86. The Balaban J connectivity index is 3.31. The number of carbonyl (C=O) groups is 1. The van der Waals surface area contributed by atoms with Crippen LogP contribution in [0.1, 0.15) is 30.5 Å². The zero-order valence-electron chi connectivity index (χ0n) is 11.0. The monoisotopic (exact) mass is 264 g/mol. The van der Waals surface area contributed by atoms with Gasteiger partial charge in [-0.15, -0.1) is 11.8 Å². The van der Waals surface area contributed by atoms with Crippen LogP contribution in [0.4, 0.5) is 0 Å². The third-order valence-electron chi connectivity index (χ3n) is 2.56. The van der Waals surface area contributed by atoms with Gasteiger partial charge in [-0.1, -0.05) is 6.92 Å². The summed E-state index contributed by atoms with van der Waals surface area (Å²) in [6, 6.07) is 2.12. The fourth-order valence-corrected chi connectivity index (χ4v) is 2.31. The van der Waals surface area contributed by atoms with Crippen molar-refractivity contribution in [1.82, 2.24) is 4.98 Å². The van der Waals surface area contributed by atoms with Crippen molar-refractivity contribution in [3.05, 3.63) is 16.7 Å². The van der Waals surface area contributed by atoms with Gasteiger partial charge in [0.15, 0.2) is 5.78 Å². The van der Waals surface area contributed by atoms with Gasteiger partial charge in [0, 0.05) is 0 Å². The number of nitriles is 1. The highest BCUT2D eigenvalue weighted by atomic mass is 32.2. The van der Waals surface area contributed by atoms with E-state index in [4.69, 9.17) is 4.74 Å². The molecule has 0 fully saturated rings. The highest BCUT2D eigenvalue weighted by molar-refractivity contribution is 7.98. The van der Waals surface area contributed by atoms with Crippen molar-refractivity contribution >= 4 is 17.5 Å². The maximum absolute atomic E-state index is 11.0. The highest BCUT2D eigenvalue weighted by Crippen LogP contribution is 2.29. The fourth-order valence-electron chi connectivity index (χ4n) is 1.71. The summed E-state index contributed by atoms with van der Waals surface area (Å²) in [5.41, 5.74) is 2.39. The Hall–Kier alpha value is -1.54. The lowest BCUT2D eigenvalue weighted by atomic mass is 10.0. The molecule has 1 heterocycles. The minimum Gasteiger partial charge on any atom is -0.469 e. The second kappa shape index (κ2) is 6.41. The van der Waals surface area contributed by atoms with Gasteiger partial charge in [-0.2, -0.15) is 5.26 Å². The molecular formula is C13H16N2O2S. The Kier molecular flexibility index (Phi) is 5.17. The van der Waals surface area contributed by atoms with Crippen molar-refractivity contribution in [1.29, 1.82) is 5.26 Å².